The SMILES string of the molecule is CCOC(=O)Cn1c(=O)c(-c2ccccc2N)nc2cc3ccccc3cc21. The molecular weight excluding hydrogens is 354 g/mol. The number of aromatic nitrogens is 2. The Morgan fingerprint density at radius 3 is 2.46 bits per heavy atom. The maximum atomic E-state index is 13.2. The molecule has 0 unspecified atom stereocenters. The van der Waals surface area contributed by atoms with Crippen LogP contribution in [0.1, 0.15) is 6.92 Å². The molecule has 6 nitrogen and oxygen atoms in total. The fourth-order valence-electron chi connectivity index (χ4n) is 3.31. The van der Waals surface area contributed by atoms with Crippen molar-refractivity contribution >= 4 is 33.5 Å². The Morgan fingerprint density at radius 2 is 1.75 bits per heavy atom. The summed E-state index contributed by atoms with van der Waals surface area (Å²) < 4.78 is 6.47. The Hall–Kier alpha value is -3.67. The fraction of sp³-hybridized carbons (Fsp3) is 0.136. The van der Waals surface area contributed by atoms with Crippen molar-refractivity contribution in [3.8, 4) is 11.3 Å². The van der Waals surface area contributed by atoms with Gasteiger partial charge in [-0.1, -0.05) is 42.5 Å². The van der Waals surface area contributed by atoms with E-state index in [1.54, 1.807) is 31.2 Å². The molecule has 4 rings (SSSR count). The number of nitrogens with zero attached hydrogens (tertiary/aromatic N) is 2. The number of esters is 1. The summed E-state index contributed by atoms with van der Waals surface area (Å²) in [6.45, 7) is 1.79. The van der Waals surface area contributed by atoms with E-state index in [4.69, 9.17) is 10.5 Å². The molecule has 0 atom stereocenters. The average molecular weight is 373 g/mol. The molecule has 0 bridgehead atoms. The number of nitrogens with two attached hydrogens (primary N) is 1. The first-order valence-corrected chi connectivity index (χ1v) is 9.02. The number of carbonyl (C=O) groups excluding carboxylic acids is 1. The van der Waals surface area contributed by atoms with Crippen LogP contribution in [0.2, 0.25) is 0 Å². The topological polar surface area (TPSA) is 87.2 Å². The summed E-state index contributed by atoms with van der Waals surface area (Å²) in [5, 5.41) is 1.96. The molecule has 1 heterocycles. The van der Waals surface area contributed by atoms with E-state index in [-0.39, 0.29) is 24.4 Å². The first-order valence-electron chi connectivity index (χ1n) is 9.02. The molecule has 0 spiro atoms. The molecule has 4 aromatic rings. The molecule has 3 aromatic carbocycles. The van der Waals surface area contributed by atoms with Crippen LogP contribution in [0, 0.1) is 0 Å². The zero-order valence-electron chi connectivity index (χ0n) is 15.4. The first-order chi connectivity index (χ1) is 13.6. The molecule has 2 N–H and O–H groups in total. The number of nitrogen functional groups attached to an aromatic ring is 1. The maximum Gasteiger partial charge on any atom is 0.326 e. The second kappa shape index (κ2) is 7.15. The van der Waals surface area contributed by atoms with E-state index in [1.165, 1.54) is 4.57 Å². The fourth-order valence-corrected chi connectivity index (χ4v) is 3.31. The molecular formula is C22H19N3O3. The van der Waals surface area contributed by atoms with Crippen molar-refractivity contribution in [2.24, 2.45) is 0 Å². The van der Waals surface area contributed by atoms with Crippen molar-refractivity contribution in [3.63, 3.8) is 0 Å². The Balaban J connectivity index is 2.05. The van der Waals surface area contributed by atoms with Gasteiger partial charge in [-0.3, -0.25) is 14.2 Å². The third-order valence-corrected chi connectivity index (χ3v) is 4.62. The number of hydrogen-bond donors (Lipinski definition) is 1. The van der Waals surface area contributed by atoms with Gasteiger partial charge in [0.15, 0.2) is 0 Å². The Kier molecular flexibility index (Phi) is 4.53. The lowest BCUT2D eigenvalue weighted by atomic mass is 10.1. The van der Waals surface area contributed by atoms with E-state index in [2.05, 4.69) is 4.98 Å². The van der Waals surface area contributed by atoms with Crippen molar-refractivity contribution in [1.29, 1.82) is 0 Å². The second-order valence-corrected chi connectivity index (χ2v) is 6.43. The summed E-state index contributed by atoms with van der Waals surface area (Å²) in [6.07, 6.45) is 0. The number of hydrogen-bond acceptors (Lipinski definition) is 5. The third kappa shape index (κ3) is 3.09. The van der Waals surface area contributed by atoms with Gasteiger partial charge >= 0.3 is 5.97 Å². The zero-order valence-corrected chi connectivity index (χ0v) is 15.4. The Labute approximate surface area is 161 Å². The lowest BCUT2D eigenvalue weighted by Gasteiger charge is -2.13. The van der Waals surface area contributed by atoms with E-state index >= 15 is 0 Å². The summed E-state index contributed by atoms with van der Waals surface area (Å²) in [4.78, 5) is 30.0. The van der Waals surface area contributed by atoms with E-state index in [0.29, 0.717) is 22.3 Å². The number of ether oxygens (including phenoxy) is 1. The third-order valence-electron chi connectivity index (χ3n) is 4.62. The van der Waals surface area contributed by atoms with Crippen molar-refractivity contribution in [1.82, 2.24) is 9.55 Å². The normalized spacial score (nSPS) is 11.0. The van der Waals surface area contributed by atoms with Crippen molar-refractivity contribution < 1.29 is 9.53 Å². The highest BCUT2D eigenvalue weighted by Gasteiger charge is 2.17. The standard InChI is InChI=1S/C22H19N3O3/c1-2-28-20(26)13-25-19-12-15-8-4-3-7-14(15)11-18(19)24-21(22(25)27)16-9-5-6-10-17(16)23/h3-12H,2,13,23H2,1H3. The molecule has 0 radical (unpaired) electrons. The minimum atomic E-state index is -0.475. The summed E-state index contributed by atoms with van der Waals surface area (Å²) in [5.41, 5.74) is 8.09. The molecule has 140 valence electrons. The van der Waals surface area contributed by atoms with Crippen LogP contribution >= 0.6 is 0 Å². The Bertz CT molecular complexity index is 1260. The number of fused-ring (bicyclic) bond motifs is 2. The molecule has 0 fully saturated rings. The van der Waals surface area contributed by atoms with Crippen molar-refractivity contribution in [2.45, 2.75) is 13.5 Å². The maximum absolute atomic E-state index is 13.2. The Morgan fingerprint density at radius 1 is 1.07 bits per heavy atom. The van der Waals surface area contributed by atoms with Gasteiger partial charge in [-0.15, -0.1) is 0 Å². The van der Waals surface area contributed by atoms with Crippen LogP contribution in [0.15, 0.2) is 65.5 Å². The molecule has 0 aliphatic carbocycles. The van der Waals surface area contributed by atoms with Gasteiger partial charge in [0, 0.05) is 11.3 Å². The summed E-state index contributed by atoms with van der Waals surface area (Å²) in [5.74, 6) is -0.475. The highest BCUT2D eigenvalue weighted by Crippen LogP contribution is 2.26. The molecule has 0 amide bonds. The van der Waals surface area contributed by atoms with Crippen molar-refractivity contribution in [3.05, 3.63) is 71.0 Å². The predicted octanol–water partition coefficient (Wildman–Crippen LogP) is 3.36. The minimum absolute atomic E-state index is 0.191. The summed E-state index contributed by atoms with van der Waals surface area (Å²) in [6, 6.07) is 18.7. The number of para-hydroxylation sites is 1. The average Bonchev–Trinajstić information content (AvgIpc) is 2.69. The number of rotatable bonds is 4. The van der Waals surface area contributed by atoms with Gasteiger partial charge in [0.1, 0.15) is 12.2 Å². The monoisotopic (exact) mass is 373 g/mol. The molecule has 28 heavy (non-hydrogen) atoms. The minimum Gasteiger partial charge on any atom is -0.465 e. The molecule has 0 saturated heterocycles. The highest BCUT2D eigenvalue weighted by molar-refractivity contribution is 5.96. The largest absolute Gasteiger partial charge is 0.465 e. The summed E-state index contributed by atoms with van der Waals surface area (Å²) >= 11 is 0. The molecule has 6 heteroatoms. The van der Waals surface area contributed by atoms with Gasteiger partial charge < -0.3 is 10.5 Å². The zero-order chi connectivity index (χ0) is 19.7. The van der Waals surface area contributed by atoms with Crippen LogP contribution < -0.4 is 11.3 Å². The van der Waals surface area contributed by atoms with E-state index < -0.39 is 5.97 Å². The second-order valence-electron chi connectivity index (χ2n) is 6.43. The van der Waals surface area contributed by atoms with Gasteiger partial charge in [0.05, 0.1) is 17.6 Å². The van der Waals surface area contributed by atoms with Crippen LogP contribution in [0.5, 0.6) is 0 Å². The van der Waals surface area contributed by atoms with Crippen molar-refractivity contribution in [2.75, 3.05) is 12.3 Å². The van der Waals surface area contributed by atoms with Crippen LogP contribution in [0.25, 0.3) is 33.1 Å². The van der Waals surface area contributed by atoms with Gasteiger partial charge in [-0.2, -0.15) is 0 Å². The number of benzene rings is 3. The van der Waals surface area contributed by atoms with Crippen LogP contribution in [-0.4, -0.2) is 22.1 Å². The lowest BCUT2D eigenvalue weighted by molar-refractivity contribution is -0.143. The van der Waals surface area contributed by atoms with Crippen LogP contribution in [0.3, 0.4) is 0 Å². The van der Waals surface area contributed by atoms with E-state index in [1.807, 2.05) is 36.4 Å². The van der Waals surface area contributed by atoms with Crippen LogP contribution in [-0.2, 0) is 16.1 Å². The van der Waals surface area contributed by atoms with E-state index in [0.717, 1.165) is 10.8 Å². The summed E-state index contributed by atoms with van der Waals surface area (Å²) in [7, 11) is 0. The molecule has 0 saturated carbocycles. The lowest BCUT2D eigenvalue weighted by Crippen LogP contribution is -2.28. The molecule has 0 aliphatic heterocycles. The van der Waals surface area contributed by atoms with Gasteiger partial charge in [-0.05, 0) is 35.9 Å². The van der Waals surface area contributed by atoms with Gasteiger partial charge in [0.2, 0.25) is 0 Å². The first kappa shape index (κ1) is 17.7. The predicted molar refractivity (Wildman–Crippen MR) is 110 cm³/mol. The smallest absolute Gasteiger partial charge is 0.326 e. The van der Waals surface area contributed by atoms with Crippen LogP contribution in [0.4, 0.5) is 5.69 Å². The highest BCUT2D eigenvalue weighted by atomic mass is 16.5. The number of anilines is 1. The van der Waals surface area contributed by atoms with Gasteiger partial charge in [0.25, 0.3) is 5.56 Å². The van der Waals surface area contributed by atoms with E-state index in [9.17, 15) is 9.59 Å². The molecule has 0 aliphatic rings. The van der Waals surface area contributed by atoms with Gasteiger partial charge in [-0.25, -0.2) is 4.98 Å². The molecule has 1 aromatic heterocycles. The number of carbonyl (C=O) groups is 1. The quantitative estimate of drug-likeness (QED) is 0.337.